The van der Waals surface area contributed by atoms with Crippen molar-refractivity contribution in [2.24, 2.45) is 0 Å². The summed E-state index contributed by atoms with van der Waals surface area (Å²) < 4.78 is 21.6. The van der Waals surface area contributed by atoms with E-state index >= 15 is 0 Å². The van der Waals surface area contributed by atoms with Gasteiger partial charge in [0.15, 0.2) is 11.2 Å². The molecule has 0 bridgehead atoms. The molecular weight excluding hydrogens is 684 g/mol. The number of anilines is 5. The fourth-order valence-electron chi connectivity index (χ4n) is 5.82. The van der Waals surface area contributed by atoms with Gasteiger partial charge in [0.1, 0.15) is 16.7 Å². The van der Waals surface area contributed by atoms with E-state index in [0.29, 0.717) is 48.6 Å². The maximum Gasteiger partial charge on any atom is 0.298 e. The fourth-order valence-corrected chi connectivity index (χ4v) is 5.82. The summed E-state index contributed by atoms with van der Waals surface area (Å²) in [4.78, 5) is 28.4. The molecule has 16 heteroatoms. The second-order valence-electron chi connectivity index (χ2n) is 11.9. The Morgan fingerprint density at radius 1 is 0.792 bits per heavy atom. The Hall–Kier alpha value is -3.49. The van der Waals surface area contributed by atoms with Gasteiger partial charge in [0.2, 0.25) is 0 Å². The number of nitrogen functional groups attached to an aromatic ring is 1. The largest absolute Gasteiger partial charge is 0.423 e. The first-order valence-electron chi connectivity index (χ1n) is 16.0. The third-order valence-electron chi connectivity index (χ3n) is 8.50. The molecule has 4 aromatic rings. The third-order valence-corrected chi connectivity index (χ3v) is 8.50. The van der Waals surface area contributed by atoms with Gasteiger partial charge in [0.05, 0.1) is 35.6 Å². The van der Waals surface area contributed by atoms with E-state index in [1.807, 2.05) is 36.0 Å². The number of benzene rings is 2. The average Bonchev–Trinajstić information content (AvgIpc) is 3.70. The molecular formula is C32H47ClFeN8O6. The summed E-state index contributed by atoms with van der Waals surface area (Å²) in [5, 5.41) is 11.5. The Morgan fingerprint density at radius 3 is 1.69 bits per heavy atom. The van der Waals surface area contributed by atoms with E-state index in [1.54, 1.807) is 20.3 Å². The van der Waals surface area contributed by atoms with Crippen LogP contribution < -0.4 is 25.3 Å². The Kier molecular flexibility index (Phi) is 14.9. The van der Waals surface area contributed by atoms with Crippen LogP contribution >= 0.6 is 12.4 Å². The van der Waals surface area contributed by atoms with Crippen LogP contribution in [0.4, 0.5) is 34.8 Å². The van der Waals surface area contributed by atoms with E-state index in [1.165, 1.54) is 31.7 Å². The van der Waals surface area contributed by atoms with Gasteiger partial charge in [0.25, 0.3) is 17.7 Å². The van der Waals surface area contributed by atoms with Crippen molar-refractivity contribution in [3.05, 3.63) is 34.4 Å². The second-order valence-corrected chi connectivity index (χ2v) is 11.9. The number of nitro groups is 1. The number of nitro benzene ring substituents is 1. The van der Waals surface area contributed by atoms with E-state index < -0.39 is 0 Å². The standard InChI is InChI=1S/C16H22N4O4.C16H24N4O2.ClH.Fe/c1-18(8-9-23-2)16-17-12-10-13(19-6-4-3-5-7-19)14(20(21)22)11-15(12)24-16;1-19(8-9-21-2)16-18-13-11-14(12(17)10-15(13)22-16)20-6-4-3-5-7-20;;/h10-11H,3-9H2,1-2H3;10-11H,3-9,17H2,1-2H3;1H;. The summed E-state index contributed by atoms with van der Waals surface area (Å²) >= 11 is 0. The van der Waals surface area contributed by atoms with Gasteiger partial charge >= 0.3 is 0 Å². The molecule has 266 valence electrons. The minimum atomic E-state index is -0.347. The molecule has 2 fully saturated rings. The fraction of sp³-hybridized carbons (Fsp3) is 0.562. The third kappa shape index (κ3) is 9.35. The normalized spacial score (nSPS) is 14.6. The van der Waals surface area contributed by atoms with Gasteiger partial charge in [-0.3, -0.25) is 10.1 Å². The first kappa shape index (κ1) is 39.0. The maximum atomic E-state index is 11.5. The summed E-state index contributed by atoms with van der Waals surface area (Å²) in [6.07, 6.45) is 7.03. The second kappa shape index (κ2) is 18.3. The molecule has 0 amide bonds. The van der Waals surface area contributed by atoms with E-state index in [0.717, 1.165) is 68.0 Å². The van der Waals surface area contributed by atoms with Gasteiger partial charge in [0, 0.05) is 90.7 Å². The number of ether oxygens (including phenoxy) is 2. The quantitative estimate of drug-likeness (QED) is 0.0869. The zero-order chi connectivity index (χ0) is 32.6. The molecule has 2 aliphatic heterocycles. The van der Waals surface area contributed by atoms with Crippen molar-refractivity contribution in [1.82, 2.24) is 9.97 Å². The van der Waals surface area contributed by atoms with Crippen molar-refractivity contribution in [2.75, 3.05) is 106 Å². The van der Waals surface area contributed by atoms with E-state index in [-0.39, 0.29) is 40.1 Å². The number of rotatable bonds is 11. The monoisotopic (exact) mass is 730 g/mol. The van der Waals surface area contributed by atoms with Crippen LogP contribution in [-0.4, -0.2) is 95.7 Å². The number of oxazole rings is 2. The van der Waals surface area contributed by atoms with Crippen LogP contribution in [0.1, 0.15) is 38.5 Å². The van der Waals surface area contributed by atoms with Crippen molar-refractivity contribution >= 4 is 69.4 Å². The minimum absolute atomic E-state index is 0. The van der Waals surface area contributed by atoms with Crippen molar-refractivity contribution in [1.29, 1.82) is 0 Å². The number of likely N-dealkylation sites (N-methyl/N-ethyl adjacent to an activating group) is 2. The summed E-state index contributed by atoms with van der Waals surface area (Å²) in [6, 6.07) is 8.23. The summed E-state index contributed by atoms with van der Waals surface area (Å²) in [5.41, 5.74) is 11.4. The van der Waals surface area contributed by atoms with Crippen LogP contribution in [-0.2, 0) is 26.5 Å². The molecule has 2 saturated heterocycles. The zero-order valence-corrected chi connectivity index (χ0v) is 30.0. The molecule has 2 aromatic heterocycles. The van der Waals surface area contributed by atoms with E-state index in [4.69, 9.17) is 24.0 Å². The number of halogens is 1. The predicted octanol–water partition coefficient (Wildman–Crippen LogP) is 5.71. The van der Waals surface area contributed by atoms with Crippen LogP contribution in [0.15, 0.2) is 33.1 Å². The molecule has 0 spiro atoms. The molecule has 2 aromatic carbocycles. The number of hydrogen-bond donors (Lipinski definition) is 1. The maximum absolute atomic E-state index is 11.5. The van der Waals surface area contributed by atoms with Crippen molar-refractivity contribution < 1.29 is 40.3 Å². The van der Waals surface area contributed by atoms with Crippen LogP contribution in [0.25, 0.3) is 22.2 Å². The first-order chi connectivity index (χ1) is 22.3. The smallest absolute Gasteiger partial charge is 0.298 e. The molecule has 6 rings (SSSR count). The molecule has 0 saturated carbocycles. The van der Waals surface area contributed by atoms with Crippen LogP contribution in [0.2, 0.25) is 0 Å². The first-order valence-corrected chi connectivity index (χ1v) is 16.0. The summed E-state index contributed by atoms with van der Waals surface area (Å²) in [7, 11) is 7.11. The van der Waals surface area contributed by atoms with E-state index in [2.05, 4.69) is 19.8 Å². The van der Waals surface area contributed by atoms with Gasteiger partial charge in [-0.25, -0.2) is 0 Å². The van der Waals surface area contributed by atoms with E-state index in [9.17, 15) is 10.1 Å². The topological polar surface area (TPSA) is 153 Å². The van der Waals surface area contributed by atoms with Crippen LogP contribution in [0, 0.1) is 10.1 Å². The van der Waals surface area contributed by atoms with Gasteiger partial charge in [-0.15, -0.1) is 12.4 Å². The number of nitrogens with two attached hydrogens (primary N) is 1. The number of fused-ring (bicyclic) bond motifs is 2. The predicted molar refractivity (Wildman–Crippen MR) is 189 cm³/mol. The number of aromatic nitrogens is 2. The molecule has 0 radical (unpaired) electrons. The molecule has 2 N–H and O–H groups in total. The number of piperidine rings is 2. The van der Waals surface area contributed by atoms with Gasteiger partial charge in [-0.2, -0.15) is 9.97 Å². The molecule has 0 unspecified atom stereocenters. The molecule has 0 aliphatic carbocycles. The molecule has 0 atom stereocenters. The molecule has 14 nitrogen and oxygen atoms in total. The SMILES string of the molecule is COCCN(C)c1nc2cc(N3CCCCC3)c(N)cc2o1.COCCN(C)c1nc2cc(N3CCCCC3)c([N+](=O)[O-])cc2o1.Cl.[Fe]. The number of hydrogen-bond acceptors (Lipinski definition) is 13. The number of methoxy groups -OCH3 is 2. The Balaban J connectivity index is 0.000000251. The van der Waals surface area contributed by atoms with Crippen LogP contribution in [0.3, 0.4) is 0 Å². The summed E-state index contributed by atoms with van der Waals surface area (Å²) in [6.45, 7) is 6.35. The van der Waals surface area contributed by atoms with Crippen molar-refractivity contribution in [3.63, 3.8) is 0 Å². The zero-order valence-electron chi connectivity index (χ0n) is 28.1. The van der Waals surface area contributed by atoms with Crippen molar-refractivity contribution in [3.8, 4) is 0 Å². The Labute approximate surface area is 297 Å². The Morgan fingerprint density at radius 2 is 1.23 bits per heavy atom. The average molecular weight is 731 g/mol. The molecule has 48 heavy (non-hydrogen) atoms. The van der Waals surface area contributed by atoms with Gasteiger partial charge in [-0.05, 0) is 50.7 Å². The summed E-state index contributed by atoms with van der Waals surface area (Å²) in [5.74, 6) is 0. The van der Waals surface area contributed by atoms with Crippen LogP contribution in [0.5, 0.6) is 0 Å². The molecule has 4 heterocycles. The van der Waals surface area contributed by atoms with Gasteiger partial charge < -0.3 is 43.6 Å². The Bertz CT molecular complexity index is 1610. The molecule has 2 aliphatic rings. The number of nitrogens with zero attached hydrogens (tertiary/aromatic N) is 7. The van der Waals surface area contributed by atoms with Gasteiger partial charge in [-0.1, -0.05) is 0 Å². The van der Waals surface area contributed by atoms with Crippen molar-refractivity contribution in [2.45, 2.75) is 38.5 Å². The minimum Gasteiger partial charge on any atom is -0.423 e.